The van der Waals surface area contributed by atoms with Crippen LogP contribution < -0.4 is 0 Å². The van der Waals surface area contributed by atoms with Gasteiger partial charge in [-0.1, -0.05) is 131 Å². The molecule has 0 aliphatic carbocycles. The SMILES string of the molecule is CC.CCCCCCCCC(CCCCCCCC)OC(=O)CCCCN(CCO)CCCCCCCCC(=O)OCC(C)C. The van der Waals surface area contributed by atoms with Crippen LogP contribution in [0.15, 0.2) is 0 Å². The first-order valence-corrected chi connectivity index (χ1v) is 19.6. The fourth-order valence-electron chi connectivity index (χ4n) is 5.54. The summed E-state index contributed by atoms with van der Waals surface area (Å²) in [6, 6.07) is 0. The van der Waals surface area contributed by atoms with Crippen molar-refractivity contribution in [3.63, 3.8) is 0 Å². The van der Waals surface area contributed by atoms with Gasteiger partial charge in [0.1, 0.15) is 6.10 Å². The molecule has 0 aromatic carbocycles. The van der Waals surface area contributed by atoms with Gasteiger partial charge in [-0.05, 0) is 70.4 Å². The third-order valence-corrected chi connectivity index (χ3v) is 8.26. The fourth-order valence-corrected chi connectivity index (χ4v) is 5.54. The van der Waals surface area contributed by atoms with Crippen molar-refractivity contribution in [2.24, 2.45) is 5.92 Å². The molecule has 0 rings (SSSR count). The maximum absolute atomic E-state index is 12.7. The number of rotatable bonds is 33. The van der Waals surface area contributed by atoms with Crippen LogP contribution >= 0.6 is 0 Å². The Morgan fingerprint density at radius 1 is 0.578 bits per heavy atom. The number of nitrogens with zero attached hydrogens (tertiary/aromatic N) is 1. The zero-order valence-corrected chi connectivity index (χ0v) is 31.2. The molecule has 270 valence electrons. The van der Waals surface area contributed by atoms with E-state index in [0.29, 0.717) is 31.9 Å². The van der Waals surface area contributed by atoms with E-state index in [1.54, 1.807) is 0 Å². The van der Waals surface area contributed by atoms with Gasteiger partial charge in [0.15, 0.2) is 0 Å². The lowest BCUT2D eigenvalue weighted by Gasteiger charge is -2.21. The number of carbonyl (C=O) groups excluding carboxylic acids is 2. The summed E-state index contributed by atoms with van der Waals surface area (Å²) < 4.78 is 11.2. The number of carbonyl (C=O) groups is 2. The van der Waals surface area contributed by atoms with Crippen LogP contribution in [0.3, 0.4) is 0 Å². The molecule has 0 atom stereocenters. The predicted molar refractivity (Wildman–Crippen MR) is 193 cm³/mol. The second-order valence-corrected chi connectivity index (χ2v) is 13.2. The van der Waals surface area contributed by atoms with Gasteiger partial charge >= 0.3 is 11.9 Å². The van der Waals surface area contributed by atoms with E-state index in [4.69, 9.17) is 9.47 Å². The van der Waals surface area contributed by atoms with E-state index in [2.05, 4.69) is 32.6 Å². The van der Waals surface area contributed by atoms with Crippen molar-refractivity contribution in [3.8, 4) is 0 Å². The highest BCUT2D eigenvalue weighted by molar-refractivity contribution is 5.69. The Balaban J connectivity index is 0. The van der Waals surface area contributed by atoms with Crippen molar-refractivity contribution in [3.05, 3.63) is 0 Å². The first-order valence-electron chi connectivity index (χ1n) is 19.6. The third-order valence-electron chi connectivity index (χ3n) is 8.26. The minimum absolute atomic E-state index is 0.0242. The summed E-state index contributed by atoms with van der Waals surface area (Å²) in [7, 11) is 0. The first kappa shape index (κ1) is 46.0. The standard InChI is InChI=1S/C37H73NO5.C2H6/c1-5-7-9-11-15-19-25-35(26-20-16-12-10-8-6-2)43-37(41)28-22-24-30-38(31-32-39)29-23-18-14-13-17-21-27-36(40)42-33-34(3)4;1-2/h34-35,39H,5-33H2,1-4H3;1-2H3. The van der Waals surface area contributed by atoms with Gasteiger partial charge in [0.25, 0.3) is 0 Å². The lowest BCUT2D eigenvalue weighted by Crippen LogP contribution is -2.29. The second kappa shape index (κ2) is 37.3. The number of hydrogen-bond donors (Lipinski definition) is 1. The molecule has 45 heavy (non-hydrogen) atoms. The molecule has 0 unspecified atom stereocenters. The average Bonchev–Trinajstić information content (AvgIpc) is 3.03. The minimum Gasteiger partial charge on any atom is -0.465 e. The Bertz CT molecular complexity index is 596. The van der Waals surface area contributed by atoms with Crippen LogP contribution in [0.2, 0.25) is 0 Å². The quantitative estimate of drug-likeness (QED) is 0.0567. The molecular formula is C39H79NO5. The van der Waals surface area contributed by atoms with Crippen molar-refractivity contribution in [2.45, 2.75) is 202 Å². The van der Waals surface area contributed by atoms with Crippen LogP contribution in [0.4, 0.5) is 0 Å². The molecule has 0 aliphatic rings. The van der Waals surface area contributed by atoms with Crippen LogP contribution in [0.25, 0.3) is 0 Å². The zero-order valence-electron chi connectivity index (χ0n) is 31.2. The van der Waals surface area contributed by atoms with E-state index in [1.807, 2.05) is 13.8 Å². The maximum atomic E-state index is 12.7. The Hall–Kier alpha value is -1.14. The highest BCUT2D eigenvalue weighted by Crippen LogP contribution is 2.18. The smallest absolute Gasteiger partial charge is 0.306 e. The summed E-state index contributed by atoms with van der Waals surface area (Å²) in [6.45, 7) is 15.9. The summed E-state index contributed by atoms with van der Waals surface area (Å²) in [5, 5.41) is 9.50. The maximum Gasteiger partial charge on any atom is 0.306 e. The summed E-state index contributed by atoms with van der Waals surface area (Å²) >= 11 is 0. The summed E-state index contributed by atoms with van der Waals surface area (Å²) in [5.74, 6) is 0.300. The van der Waals surface area contributed by atoms with Gasteiger partial charge in [0.05, 0.1) is 13.2 Å². The molecule has 0 amide bonds. The lowest BCUT2D eigenvalue weighted by molar-refractivity contribution is -0.150. The van der Waals surface area contributed by atoms with Crippen molar-refractivity contribution in [1.82, 2.24) is 4.90 Å². The largest absolute Gasteiger partial charge is 0.465 e. The highest BCUT2D eigenvalue weighted by atomic mass is 16.5. The number of unbranched alkanes of at least 4 members (excludes halogenated alkanes) is 16. The molecule has 0 heterocycles. The summed E-state index contributed by atoms with van der Waals surface area (Å²) in [4.78, 5) is 26.7. The average molecular weight is 642 g/mol. The zero-order chi connectivity index (χ0) is 33.8. The Morgan fingerprint density at radius 3 is 1.51 bits per heavy atom. The van der Waals surface area contributed by atoms with Crippen molar-refractivity contribution in [1.29, 1.82) is 0 Å². The molecule has 0 saturated heterocycles. The van der Waals surface area contributed by atoms with Gasteiger partial charge in [-0.15, -0.1) is 0 Å². The van der Waals surface area contributed by atoms with E-state index in [9.17, 15) is 14.7 Å². The monoisotopic (exact) mass is 642 g/mol. The Morgan fingerprint density at radius 2 is 1.00 bits per heavy atom. The van der Waals surface area contributed by atoms with Gasteiger partial charge in [0, 0.05) is 19.4 Å². The molecule has 6 heteroatoms. The molecule has 0 aliphatic heterocycles. The van der Waals surface area contributed by atoms with Gasteiger partial charge in [-0.3, -0.25) is 9.59 Å². The minimum atomic E-state index is -0.0669. The number of aliphatic hydroxyl groups excluding tert-OH is 1. The number of ether oxygens (including phenoxy) is 2. The summed E-state index contributed by atoms with van der Waals surface area (Å²) in [6.07, 6.45) is 26.9. The van der Waals surface area contributed by atoms with E-state index < -0.39 is 0 Å². The molecule has 0 saturated carbocycles. The summed E-state index contributed by atoms with van der Waals surface area (Å²) in [5.41, 5.74) is 0. The molecular weight excluding hydrogens is 562 g/mol. The number of esters is 2. The number of hydrogen-bond acceptors (Lipinski definition) is 6. The molecule has 0 spiro atoms. The molecule has 0 aromatic rings. The van der Waals surface area contributed by atoms with Crippen LogP contribution in [-0.2, 0) is 19.1 Å². The third kappa shape index (κ3) is 35.6. The Labute approximate surface area is 281 Å². The van der Waals surface area contributed by atoms with Crippen molar-refractivity contribution >= 4 is 11.9 Å². The molecule has 0 fully saturated rings. The van der Waals surface area contributed by atoms with Gasteiger partial charge < -0.3 is 19.5 Å². The van der Waals surface area contributed by atoms with E-state index in [0.717, 1.165) is 64.5 Å². The topological polar surface area (TPSA) is 76.1 Å². The second-order valence-electron chi connectivity index (χ2n) is 13.2. The van der Waals surface area contributed by atoms with E-state index in [-0.39, 0.29) is 24.6 Å². The molecule has 0 aromatic heterocycles. The lowest BCUT2D eigenvalue weighted by atomic mass is 10.0. The van der Waals surface area contributed by atoms with Crippen LogP contribution in [0.5, 0.6) is 0 Å². The van der Waals surface area contributed by atoms with E-state index >= 15 is 0 Å². The van der Waals surface area contributed by atoms with Gasteiger partial charge in [-0.25, -0.2) is 0 Å². The number of aliphatic hydroxyl groups is 1. The molecule has 6 nitrogen and oxygen atoms in total. The molecule has 1 N–H and O–H groups in total. The predicted octanol–water partition coefficient (Wildman–Crippen LogP) is 10.8. The normalized spacial score (nSPS) is 11.2. The molecule has 0 bridgehead atoms. The van der Waals surface area contributed by atoms with E-state index in [1.165, 1.54) is 89.9 Å². The first-order chi connectivity index (χ1) is 21.9. The van der Waals surface area contributed by atoms with Crippen LogP contribution in [0.1, 0.15) is 196 Å². The van der Waals surface area contributed by atoms with Crippen molar-refractivity contribution in [2.75, 3.05) is 32.8 Å². The fraction of sp³-hybridized carbons (Fsp3) is 0.949. The highest BCUT2D eigenvalue weighted by Gasteiger charge is 2.15. The van der Waals surface area contributed by atoms with Crippen molar-refractivity contribution < 1.29 is 24.2 Å². The molecule has 0 radical (unpaired) electrons. The van der Waals surface area contributed by atoms with Gasteiger partial charge in [0.2, 0.25) is 0 Å². The Kier molecular flexibility index (Phi) is 38.1. The van der Waals surface area contributed by atoms with Gasteiger partial charge in [-0.2, -0.15) is 0 Å². The van der Waals surface area contributed by atoms with Crippen LogP contribution in [-0.4, -0.2) is 60.9 Å². The van der Waals surface area contributed by atoms with Crippen LogP contribution in [0, 0.1) is 5.92 Å².